The SMILES string of the molecule is Cc1ccc(N2CCN(CC(C)(C)C)CC2=O)cn1. The van der Waals surface area contributed by atoms with E-state index in [9.17, 15) is 4.79 Å². The highest BCUT2D eigenvalue weighted by atomic mass is 16.2. The minimum absolute atomic E-state index is 0.168. The number of carbonyl (C=O) groups excluding carboxylic acids is 1. The third-order valence-corrected chi connectivity index (χ3v) is 3.21. The normalized spacial score (nSPS) is 17.9. The highest BCUT2D eigenvalue weighted by molar-refractivity contribution is 5.95. The maximum atomic E-state index is 12.2. The number of pyridine rings is 1. The van der Waals surface area contributed by atoms with Gasteiger partial charge in [0, 0.05) is 25.3 Å². The molecule has 1 saturated heterocycles. The van der Waals surface area contributed by atoms with Gasteiger partial charge in [0.2, 0.25) is 5.91 Å². The number of aryl methyl sites for hydroxylation is 1. The molecule has 1 aliphatic heterocycles. The van der Waals surface area contributed by atoms with Gasteiger partial charge >= 0.3 is 0 Å². The topological polar surface area (TPSA) is 36.4 Å². The molecule has 4 nitrogen and oxygen atoms in total. The fourth-order valence-electron chi connectivity index (χ4n) is 2.42. The number of piperazine rings is 1. The van der Waals surface area contributed by atoms with Crippen molar-refractivity contribution < 1.29 is 4.79 Å². The van der Waals surface area contributed by atoms with E-state index in [0.29, 0.717) is 6.54 Å². The van der Waals surface area contributed by atoms with Gasteiger partial charge in [-0.2, -0.15) is 0 Å². The molecule has 0 spiro atoms. The third-order valence-electron chi connectivity index (χ3n) is 3.21. The highest BCUT2D eigenvalue weighted by Crippen LogP contribution is 2.20. The summed E-state index contributed by atoms with van der Waals surface area (Å²) in [4.78, 5) is 20.6. The Morgan fingerprint density at radius 3 is 2.53 bits per heavy atom. The van der Waals surface area contributed by atoms with E-state index in [-0.39, 0.29) is 11.3 Å². The molecule has 0 aromatic carbocycles. The summed E-state index contributed by atoms with van der Waals surface area (Å²) in [6.45, 7) is 11.7. The predicted molar refractivity (Wildman–Crippen MR) is 77.2 cm³/mol. The van der Waals surface area contributed by atoms with Crippen molar-refractivity contribution >= 4 is 11.6 Å². The Balaban J connectivity index is 2.01. The van der Waals surface area contributed by atoms with Gasteiger partial charge in [-0.3, -0.25) is 14.7 Å². The van der Waals surface area contributed by atoms with Crippen LogP contribution in [0.15, 0.2) is 18.3 Å². The van der Waals surface area contributed by atoms with E-state index in [1.54, 1.807) is 6.20 Å². The zero-order valence-corrected chi connectivity index (χ0v) is 12.3. The van der Waals surface area contributed by atoms with Gasteiger partial charge in [0.25, 0.3) is 0 Å². The first-order valence-electron chi connectivity index (χ1n) is 6.80. The van der Waals surface area contributed by atoms with Crippen LogP contribution in [0.1, 0.15) is 26.5 Å². The molecule has 0 atom stereocenters. The van der Waals surface area contributed by atoms with E-state index < -0.39 is 0 Å². The first-order valence-corrected chi connectivity index (χ1v) is 6.80. The molecule has 1 aromatic heterocycles. The molecule has 1 fully saturated rings. The number of amides is 1. The van der Waals surface area contributed by atoms with Crippen molar-refractivity contribution in [3.05, 3.63) is 24.0 Å². The molecule has 0 aliphatic carbocycles. The van der Waals surface area contributed by atoms with Crippen LogP contribution in [0.5, 0.6) is 0 Å². The fraction of sp³-hybridized carbons (Fsp3) is 0.600. The molecule has 19 heavy (non-hydrogen) atoms. The average molecular weight is 261 g/mol. The minimum atomic E-state index is 0.168. The van der Waals surface area contributed by atoms with E-state index in [4.69, 9.17) is 0 Å². The summed E-state index contributed by atoms with van der Waals surface area (Å²) in [5.74, 6) is 0.168. The largest absolute Gasteiger partial charge is 0.308 e. The van der Waals surface area contributed by atoms with Crippen LogP contribution >= 0.6 is 0 Å². The molecule has 4 heteroatoms. The average Bonchev–Trinajstić information content (AvgIpc) is 2.29. The van der Waals surface area contributed by atoms with Crippen LogP contribution in [0.4, 0.5) is 5.69 Å². The second kappa shape index (κ2) is 5.29. The lowest BCUT2D eigenvalue weighted by molar-refractivity contribution is -0.121. The number of aromatic nitrogens is 1. The van der Waals surface area contributed by atoms with Gasteiger partial charge in [-0.05, 0) is 24.5 Å². The van der Waals surface area contributed by atoms with Crippen molar-refractivity contribution in [1.29, 1.82) is 0 Å². The fourth-order valence-corrected chi connectivity index (χ4v) is 2.42. The van der Waals surface area contributed by atoms with Crippen LogP contribution < -0.4 is 4.90 Å². The number of rotatable bonds is 2. The van der Waals surface area contributed by atoms with E-state index in [0.717, 1.165) is 31.0 Å². The highest BCUT2D eigenvalue weighted by Gasteiger charge is 2.27. The molecule has 1 aromatic rings. The van der Waals surface area contributed by atoms with Gasteiger partial charge in [-0.15, -0.1) is 0 Å². The molecular weight excluding hydrogens is 238 g/mol. The summed E-state index contributed by atoms with van der Waals surface area (Å²) in [6, 6.07) is 3.92. The van der Waals surface area contributed by atoms with E-state index in [1.165, 1.54) is 0 Å². The Morgan fingerprint density at radius 1 is 1.26 bits per heavy atom. The second-order valence-electron chi connectivity index (χ2n) is 6.47. The summed E-state index contributed by atoms with van der Waals surface area (Å²) >= 11 is 0. The Hall–Kier alpha value is -1.42. The van der Waals surface area contributed by atoms with E-state index in [2.05, 4.69) is 30.7 Å². The minimum Gasteiger partial charge on any atom is -0.308 e. The zero-order chi connectivity index (χ0) is 14.0. The van der Waals surface area contributed by atoms with Gasteiger partial charge < -0.3 is 4.90 Å². The lowest BCUT2D eigenvalue weighted by Gasteiger charge is -2.37. The van der Waals surface area contributed by atoms with Crippen molar-refractivity contribution in [2.24, 2.45) is 5.41 Å². The zero-order valence-electron chi connectivity index (χ0n) is 12.3. The molecule has 1 aliphatic rings. The van der Waals surface area contributed by atoms with Crippen LogP contribution in [0.25, 0.3) is 0 Å². The monoisotopic (exact) mass is 261 g/mol. The Morgan fingerprint density at radius 2 is 2.00 bits per heavy atom. The molecule has 0 unspecified atom stereocenters. The summed E-state index contributed by atoms with van der Waals surface area (Å²) in [5, 5.41) is 0. The summed E-state index contributed by atoms with van der Waals surface area (Å²) in [7, 11) is 0. The molecule has 0 N–H and O–H groups in total. The Labute approximate surface area is 115 Å². The molecular formula is C15H23N3O. The van der Waals surface area contributed by atoms with Crippen LogP contribution in [-0.2, 0) is 4.79 Å². The van der Waals surface area contributed by atoms with Gasteiger partial charge in [0.05, 0.1) is 18.4 Å². The Kier molecular flexibility index (Phi) is 3.90. The van der Waals surface area contributed by atoms with Crippen molar-refractivity contribution in [3.8, 4) is 0 Å². The molecule has 0 saturated carbocycles. The summed E-state index contributed by atoms with van der Waals surface area (Å²) in [6.07, 6.45) is 1.78. The number of nitrogens with zero attached hydrogens (tertiary/aromatic N) is 3. The van der Waals surface area contributed by atoms with Gasteiger partial charge in [-0.25, -0.2) is 0 Å². The third kappa shape index (κ3) is 3.77. The van der Waals surface area contributed by atoms with Gasteiger partial charge in [0.15, 0.2) is 0 Å². The van der Waals surface area contributed by atoms with Crippen LogP contribution in [-0.4, -0.2) is 42.0 Å². The summed E-state index contributed by atoms with van der Waals surface area (Å²) < 4.78 is 0. The second-order valence-corrected chi connectivity index (χ2v) is 6.47. The van der Waals surface area contributed by atoms with Crippen molar-refractivity contribution in [2.45, 2.75) is 27.7 Å². The quantitative estimate of drug-likeness (QED) is 0.818. The molecule has 2 heterocycles. The number of hydrogen-bond acceptors (Lipinski definition) is 3. The standard InChI is InChI=1S/C15H23N3O/c1-12-5-6-13(9-16-12)18-8-7-17(10-14(18)19)11-15(2,3)4/h5-6,9H,7-8,10-11H2,1-4H3. The summed E-state index contributed by atoms with van der Waals surface area (Å²) in [5.41, 5.74) is 2.11. The smallest absolute Gasteiger partial charge is 0.241 e. The van der Waals surface area contributed by atoms with Gasteiger partial charge in [0.1, 0.15) is 0 Å². The van der Waals surface area contributed by atoms with Crippen molar-refractivity contribution in [1.82, 2.24) is 9.88 Å². The molecule has 1 amide bonds. The molecule has 2 rings (SSSR count). The van der Waals surface area contributed by atoms with Gasteiger partial charge in [-0.1, -0.05) is 20.8 Å². The Bertz CT molecular complexity index is 447. The van der Waals surface area contributed by atoms with Crippen LogP contribution in [0.3, 0.4) is 0 Å². The number of carbonyl (C=O) groups is 1. The lowest BCUT2D eigenvalue weighted by Crippen LogP contribution is -2.52. The first kappa shape index (κ1) is 14.0. The maximum Gasteiger partial charge on any atom is 0.241 e. The predicted octanol–water partition coefficient (Wildman–Crippen LogP) is 2.08. The maximum absolute atomic E-state index is 12.2. The molecule has 0 radical (unpaired) electrons. The molecule has 104 valence electrons. The number of hydrogen-bond donors (Lipinski definition) is 0. The van der Waals surface area contributed by atoms with Crippen molar-refractivity contribution in [3.63, 3.8) is 0 Å². The van der Waals surface area contributed by atoms with E-state index >= 15 is 0 Å². The van der Waals surface area contributed by atoms with E-state index in [1.807, 2.05) is 24.0 Å². The lowest BCUT2D eigenvalue weighted by atomic mass is 9.95. The number of anilines is 1. The first-order chi connectivity index (χ1) is 8.85. The van der Waals surface area contributed by atoms with Crippen LogP contribution in [0, 0.1) is 12.3 Å². The van der Waals surface area contributed by atoms with Crippen LogP contribution in [0.2, 0.25) is 0 Å². The molecule has 0 bridgehead atoms. The van der Waals surface area contributed by atoms with Crippen molar-refractivity contribution in [2.75, 3.05) is 31.1 Å².